The Morgan fingerprint density at radius 1 is 1.38 bits per heavy atom. The zero-order chi connectivity index (χ0) is 11.9. The van der Waals surface area contributed by atoms with Crippen LogP contribution in [0.15, 0.2) is 0 Å². The van der Waals surface area contributed by atoms with Gasteiger partial charge < -0.3 is 15.4 Å². The van der Waals surface area contributed by atoms with Gasteiger partial charge >= 0.3 is 0 Å². The van der Waals surface area contributed by atoms with Crippen molar-refractivity contribution in [1.82, 2.24) is 10.6 Å². The highest BCUT2D eigenvalue weighted by Gasteiger charge is 2.28. The molecule has 0 aromatic rings. The molecule has 0 saturated heterocycles. The summed E-state index contributed by atoms with van der Waals surface area (Å²) in [5.41, 5.74) is 0.226. The van der Waals surface area contributed by atoms with Gasteiger partial charge in [0.05, 0.1) is 0 Å². The van der Waals surface area contributed by atoms with Crippen LogP contribution >= 0.6 is 12.2 Å². The number of ether oxygens (including phenoxy) is 1. The van der Waals surface area contributed by atoms with E-state index in [-0.39, 0.29) is 5.54 Å². The average Bonchev–Trinajstić information content (AvgIpc) is 2.64. The van der Waals surface area contributed by atoms with E-state index in [1.165, 1.54) is 25.7 Å². The molecule has 0 amide bonds. The zero-order valence-electron chi connectivity index (χ0n) is 10.5. The second-order valence-corrected chi connectivity index (χ2v) is 5.11. The molecule has 3 nitrogen and oxygen atoms in total. The molecule has 0 aromatic heterocycles. The van der Waals surface area contributed by atoms with Crippen LogP contribution in [0.5, 0.6) is 0 Å². The molecular formula is C12H24N2OS. The van der Waals surface area contributed by atoms with Crippen LogP contribution in [-0.2, 0) is 4.74 Å². The number of hydrogen-bond acceptors (Lipinski definition) is 2. The Morgan fingerprint density at radius 2 is 2.06 bits per heavy atom. The van der Waals surface area contributed by atoms with E-state index in [0.717, 1.165) is 31.3 Å². The summed E-state index contributed by atoms with van der Waals surface area (Å²) in [6, 6.07) is 0. The van der Waals surface area contributed by atoms with E-state index < -0.39 is 0 Å². The Balaban J connectivity index is 2.06. The number of rotatable bonds is 6. The van der Waals surface area contributed by atoms with Gasteiger partial charge in [-0.05, 0) is 45.3 Å². The van der Waals surface area contributed by atoms with E-state index in [1.54, 1.807) is 0 Å². The fraction of sp³-hybridized carbons (Fsp3) is 0.917. The summed E-state index contributed by atoms with van der Waals surface area (Å²) in [5.74, 6) is 0. The standard InChI is InChI=1S/C12H24N2OS/c1-3-15-10-6-9-13-11(16)14-12(2)7-4-5-8-12/h3-10H2,1-2H3,(H2,13,14,16). The highest BCUT2D eigenvalue weighted by atomic mass is 32.1. The van der Waals surface area contributed by atoms with Crippen LogP contribution in [-0.4, -0.2) is 30.4 Å². The van der Waals surface area contributed by atoms with Crippen LogP contribution in [0.25, 0.3) is 0 Å². The van der Waals surface area contributed by atoms with Crippen molar-refractivity contribution < 1.29 is 4.74 Å². The fourth-order valence-electron chi connectivity index (χ4n) is 2.12. The molecule has 0 atom stereocenters. The molecule has 1 saturated carbocycles. The third-order valence-corrected chi connectivity index (χ3v) is 3.32. The summed E-state index contributed by atoms with van der Waals surface area (Å²) in [4.78, 5) is 0. The van der Waals surface area contributed by atoms with Crippen LogP contribution < -0.4 is 10.6 Å². The van der Waals surface area contributed by atoms with Gasteiger partial charge in [-0.2, -0.15) is 0 Å². The minimum atomic E-state index is 0.226. The first kappa shape index (κ1) is 13.7. The van der Waals surface area contributed by atoms with Crippen LogP contribution in [0.3, 0.4) is 0 Å². The van der Waals surface area contributed by atoms with Gasteiger partial charge in [0.25, 0.3) is 0 Å². The third kappa shape index (κ3) is 5.12. The van der Waals surface area contributed by atoms with E-state index in [2.05, 4.69) is 17.6 Å². The maximum atomic E-state index is 5.28. The van der Waals surface area contributed by atoms with Crippen molar-refractivity contribution >= 4 is 17.3 Å². The Morgan fingerprint density at radius 3 is 2.69 bits per heavy atom. The fourth-order valence-corrected chi connectivity index (χ4v) is 2.47. The van der Waals surface area contributed by atoms with Crippen LogP contribution in [0.4, 0.5) is 0 Å². The Hall–Kier alpha value is -0.350. The van der Waals surface area contributed by atoms with Gasteiger partial charge in [-0.15, -0.1) is 0 Å². The van der Waals surface area contributed by atoms with Gasteiger partial charge in [-0.1, -0.05) is 12.8 Å². The lowest BCUT2D eigenvalue weighted by Gasteiger charge is -2.27. The largest absolute Gasteiger partial charge is 0.382 e. The maximum absolute atomic E-state index is 5.28. The van der Waals surface area contributed by atoms with Crippen LogP contribution in [0, 0.1) is 0 Å². The molecule has 0 bridgehead atoms. The van der Waals surface area contributed by atoms with E-state index >= 15 is 0 Å². The van der Waals surface area contributed by atoms with E-state index in [9.17, 15) is 0 Å². The zero-order valence-corrected chi connectivity index (χ0v) is 11.3. The molecule has 16 heavy (non-hydrogen) atoms. The average molecular weight is 244 g/mol. The first-order valence-corrected chi connectivity index (χ1v) is 6.71. The molecule has 0 heterocycles. The van der Waals surface area contributed by atoms with Gasteiger partial charge in [0, 0.05) is 25.3 Å². The SMILES string of the molecule is CCOCCCNC(=S)NC1(C)CCCC1. The first-order chi connectivity index (χ1) is 7.66. The molecule has 1 aliphatic carbocycles. The Bertz CT molecular complexity index is 215. The van der Waals surface area contributed by atoms with Gasteiger partial charge in [-0.25, -0.2) is 0 Å². The molecule has 1 fully saturated rings. The van der Waals surface area contributed by atoms with Crippen LogP contribution in [0.2, 0.25) is 0 Å². The van der Waals surface area contributed by atoms with Crippen molar-refractivity contribution in [3.8, 4) is 0 Å². The molecule has 0 radical (unpaired) electrons. The molecule has 1 aliphatic rings. The van der Waals surface area contributed by atoms with Crippen molar-refractivity contribution in [2.75, 3.05) is 19.8 Å². The van der Waals surface area contributed by atoms with Gasteiger partial charge in [0.2, 0.25) is 0 Å². The highest BCUT2D eigenvalue weighted by Crippen LogP contribution is 2.28. The number of thiocarbonyl (C=S) groups is 1. The molecule has 0 aliphatic heterocycles. The van der Waals surface area contributed by atoms with Gasteiger partial charge in [0.15, 0.2) is 5.11 Å². The highest BCUT2D eigenvalue weighted by molar-refractivity contribution is 7.80. The molecule has 2 N–H and O–H groups in total. The molecule has 4 heteroatoms. The monoisotopic (exact) mass is 244 g/mol. The number of nitrogens with one attached hydrogen (secondary N) is 2. The van der Waals surface area contributed by atoms with Crippen molar-refractivity contribution in [1.29, 1.82) is 0 Å². The van der Waals surface area contributed by atoms with Crippen molar-refractivity contribution in [3.05, 3.63) is 0 Å². The molecule has 1 rings (SSSR count). The summed E-state index contributed by atoms with van der Waals surface area (Å²) >= 11 is 5.28. The lowest BCUT2D eigenvalue weighted by molar-refractivity contribution is 0.145. The molecule has 0 aromatic carbocycles. The molecular weight excluding hydrogens is 220 g/mol. The minimum absolute atomic E-state index is 0.226. The lowest BCUT2D eigenvalue weighted by atomic mass is 10.0. The molecule has 0 unspecified atom stereocenters. The predicted molar refractivity (Wildman–Crippen MR) is 71.7 cm³/mol. The summed E-state index contributed by atoms with van der Waals surface area (Å²) in [6.07, 6.45) is 6.10. The second-order valence-electron chi connectivity index (χ2n) is 4.70. The van der Waals surface area contributed by atoms with Crippen molar-refractivity contribution in [2.24, 2.45) is 0 Å². The van der Waals surface area contributed by atoms with Crippen LogP contribution in [0.1, 0.15) is 46.0 Å². The second kappa shape index (κ2) is 7.07. The summed E-state index contributed by atoms with van der Waals surface area (Å²) in [7, 11) is 0. The molecule has 0 spiro atoms. The summed E-state index contributed by atoms with van der Waals surface area (Å²) < 4.78 is 5.26. The summed E-state index contributed by atoms with van der Waals surface area (Å²) in [5, 5.41) is 7.45. The first-order valence-electron chi connectivity index (χ1n) is 6.30. The van der Waals surface area contributed by atoms with E-state index in [0.29, 0.717) is 0 Å². The maximum Gasteiger partial charge on any atom is 0.166 e. The Kier molecular flexibility index (Phi) is 6.06. The van der Waals surface area contributed by atoms with E-state index in [1.807, 2.05) is 6.92 Å². The Labute approximate surface area is 104 Å². The van der Waals surface area contributed by atoms with Crippen molar-refractivity contribution in [2.45, 2.75) is 51.5 Å². The summed E-state index contributed by atoms with van der Waals surface area (Å²) in [6.45, 7) is 6.76. The van der Waals surface area contributed by atoms with Gasteiger partial charge in [-0.3, -0.25) is 0 Å². The number of hydrogen-bond donors (Lipinski definition) is 2. The van der Waals surface area contributed by atoms with E-state index in [4.69, 9.17) is 17.0 Å². The van der Waals surface area contributed by atoms with Crippen molar-refractivity contribution in [3.63, 3.8) is 0 Å². The lowest BCUT2D eigenvalue weighted by Crippen LogP contribution is -2.48. The predicted octanol–water partition coefficient (Wildman–Crippen LogP) is 2.21. The minimum Gasteiger partial charge on any atom is -0.382 e. The molecule has 94 valence electrons. The normalized spacial score (nSPS) is 18.4. The quantitative estimate of drug-likeness (QED) is 0.554. The topological polar surface area (TPSA) is 33.3 Å². The third-order valence-electron chi connectivity index (χ3n) is 3.08. The van der Waals surface area contributed by atoms with Gasteiger partial charge in [0.1, 0.15) is 0 Å². The smallest absolute Gasteiger partial charge is 0.166 e.